The van der Waals surface area contributed by atoms with E-state index in [1.807, 2.05) is 0 Å². The zero-order valence-electron chi connectivity index (χ0n) is 11.0. The van der Waals surface area contributed by atoms with E-state index in [1.54, 1.807) is 7.05 Å². The Hall–Kier alpha value is -1.12. The van der Waals surface area contributed by atoms with Gasteiger partial charge in [0.1, 0.15) is 0 Å². The van der Waals surface area contributed by atoms with Crippen molar-refractivity contribution in [1.29, 1.82) is 0 Å². The van der Waals surface area contributed by atoms with Crippen LogP contribution in [0.4, 0.5) is 5.82 Å². The number of sulfonamides is 1. The maximum Gasteiger partial charge on any atom is 0.262 e. The zero-order valence-corrected chi connectivity index (χ0v) is 11.8. The van der Waals surface area contributed by atoms with Gasteiger partial charge >= 0.3 is 0 Å². The molecule has 108 valence electrons. The summed E-state index contributed by atoms with van der Waals surface area (Å²) in [6.07, 6.45) is 4.76. The van der Waals surface area contributed by atoms with Gasteiger partial charge in [-0.1, -0.05) is 12.8 Å². The van der Waals surface area contributed by atoms with Crippen LogP contribution in [0.3, 0.4) is 0 Å². The predicted octanol–water partition coefficient (Wildman–Crippen LogP) is -0.0721. The minimum atomic E-state index is -3.72. The highest BCUT2D eigenvalue weighted by molar-refractivity contribution is 7.89. The lowest BCUT2D eigenvalue weighted by molar-refractivity contribution is 0.186. The SMILES string of the molecule is Cn1cnc(N)c1S(=O)(=O)N1CCCCCC1CO. The first-order chi connectivity index (χ1) is 8.98. The summed E-state index contributed by atoms with van der Waals surface area (Å²) in [5.41, 5.74) is 5.66. The minimum absolute atomic E-state index is 0.00318. The number of imidazole rings is 1. The lowest BCUT2D eigenvalue weighted by Crippen LogP contribution is -2.42. The third-order valence-corrected chi connectivity index (χ3v) is 5.58. The van der Waals surface area contributed by atoms with Crippen LogP contribution in [-0.2, 0) is 17.1 Å². The minimum Gasteiger partial charge on any atom is -0.395 e. The normalized spacial score (nSPS) is 22.3. The largest absolute Gasteiger partial charge is 0.395 e. The summed E-state index contributed by atoms with van der Waals surface area (Å²) in [4.78, 5) is 3.82. The number of nitrogens with two attached hydrogens (primary N) is 1. The molecule has 0 amide bonds. The standard InChI is InChI=1S/C11H20N4O3S/c1-14-8-13-10(12)11(14)19(17,18)15-6-4-2-3-5-9(15)7-16/h8-9,16H,2-7,12H2,1H3. The van der Waals surface area contributed by atoms with Crippen LogP contribution in [0, 0.1) is 0 Å². The van der Waals surface area contributed by atoms with Crippen LogP contribution in [0.25, 0.3) is 0 Å². The van der Waals surface area contributed by atoms with E-state index >= 15 is 0 Å². The van der Waals surface area contributed by atoms with E-state index in [-0.39, 0.29) is 23.5 Å². The number of hydrogen-bond acceptors (Lipinski definition) is 5. The summed E-state index contributed by atoms with van der Waals surface area (Å²) in [5.74, 6) is 0.00318. The molecule has 8 heteroatoms. The van der Waals surface area contributed by atoms with Crippen molar-refractivity contribution >= 4 is 15.8 Å². The fourth-order valence-electron chi connectivity index (χ4n) is 2.51. The topological polar surface area (TPSA) is 101 Å². The molecule has 0 spiro atoms. The number of nitrogen functional groups attached to an aromatic ring is 1. The van der Waals surface area contributed by atoms with Gasteiger partial charge in [-0.25, -0.2) is 13.4 Å². The van der Waals surface area contributed by atoms with Gasteiger partial charge in [0.25, 0.3) is 10.0 Å². The van der Waals surface area contributed by atoms with Crippen molar-refractivity contribution in [2.45, 2.75) is 36.8 Å². The zero-order chi connectivity index (χ0) is 14.0. The molecule has 2 rings (SSSR count). The summed E-state index contributed by atoms with van der Waals surface area (Å²) in [5, 5.41) is 9.43. The van der Waals surface area contributed by atoms with Gasteiger partial charge in [0.2, 0.25) is 0 Å². The average molecular weight is 288 g/mol. The fraction of sp³-hybridized carbons (Fsp3) is 0.727. The van der Waals surface area contributed by atoms with Gasteiger partial charge in [-0.05, 0) is 12.8 Å². The van der Waals surface area contributed by atoms with Gasteiger partial charge in [-0.2, -0.15) is 4.31 Å². The molecule has 1 atom stereocenters. The molecule has 0 radical (unpaired) electrons. The van der Waals surface area contributed by atoms with Crippen LogP contribution in [0.1, 0.15) is 25.7 Å². The van der Waals surface area contributed by atoms with Crippen LogP contribution in [-0.4, -0.2) is 46.6 Å². The second-order valence-corrected chi connectivity index (χ2v) is 6.65. The Morgan fingerprint density at radius 2 is 2.21 bits per heavy atom. The van der Waals surface area contributed by atoms with E-state index in [1.165, 1.54) is 15.2 Å². The van der Waals surface area contributed by atoms with Crippen molar-refractivity contribution in [3.05, 3.63) is 6.33 Å². The Balaban J connectivity index is 2.42. The van der Waals surface area contributed by atoms with Crippen LogP contribution in [0.15, 0.2) is 11.4 Å². The molecule has 0 aliphatic carbocycles. The molecule has 19 heavy (non-hydrogen) atoms. The Kier molecular flexibility index (Phi) is 4.12. The van der Waals surface area contributed by atoms with E-state index < -0.39 is 10.0 Å². The highest BCUT2D eigenvalue weighted by Gasteiger charge is 2.35. The van der Waals surface area contributed by atoms with Crippen LogP contribution >= 0.6 is 0 Å². The number of anilines is 1. The first kappa shape index (κ1) is 14.3. The van der Waals surface area contributed by atoms with Gasteiger partial charge in [0.05, 0.1) is 12.9 Å². The van der Waals surface area contributed by atoms with Gasteiger partial charge < -0.3 is 15.4 Å². The number of rotatable bonds is 3. The Labute approximate surface area is 113 Å². The van der Waals surface area contributed by atoms with Crippen molar-refractivity contribution in [1.82, 2.24) is 13.9 Å². The van der Waals surface area contributed by atoms with Crippen LogP contribution in [0.5, 0.6) is 0 Å². The molecule has 1 aliphatic rings. The van der Waals surface area contributed by atoms with Crippen LogP contribution < -0.4 is 5.73 Å². The molecule has 1 aromatic rings. The lowest BCUT2D eigenvalue weighted by atomic mass is 10.1. The number of aliphatic hydroxyl groups excluding tert-OH is 1. The van der Waals surface area contributed by atoms with E-state index in [9.17, 15) is 13.5 Å². The number of nitrogens with zero attached hydrogens (tertiary/aromatic N) is 3. The third-order valence-electron chi connectivity index (χ3n) is 3.50. The average Bonchev–Trinajstić information content (AvgIpc) is 2.59. The molecule has 1 aliphatic heterocycles. The second-order valence-electron chi connectivity index (χ2n) is 4.85. The summed E-state index contributed by atoms with van der Waals surface area (Å²) in [6, 6.07) is -0.373. The van der Waals surface area contributed by atoms with Gasteiger partial charge in [-0.15, -0.1) is 0 Å². The van der Waals surface area contributed by atoms with Crippen molar-refractivity contribution < 1.29 is 13.5 Å². The molecular weight excluding hydrogens is 268 g/mol. The number of hydrogen-bond donors (Lipinski definition) is 2. The lowest BCUT2D eigenvalue weighted by Gasteiger charge is -2.27. The van der Waals surface area contributed by atoms with Gasteiger partial charge in [-0.3, -0.25) is 0 Å². The molecule has 1 aromatic heterocycles. The van der Waals surface area contributed by atoms with Crippen molar-refractivity contribution in [2.24, 2.45) is 7.05 Å². The van der Waals surface area contributed by atoms with Gasteiger partial charge in [0.15, 0.2) is 10.8 Å². The monoisotopic (exact) mass is 288 g/mol. The maximum atomic E-state index is 12.7. The number of aromatic nitrogens is 2. The van der Waals surface area contributed by atoms with E-state index in [0.717, 1.165) is 19.3 Å². The molecule has 1 saturated heterocycles. The quantitative estimate of drug-likeness (QED) is 0.810. The first-order valence-corrected chi connectivity index (χ1v) is 7.82. The van der Waals surface area contributed by atoms with E-state index in [4.69, 9.17) is 5.73 Å². The molecular formula is C11H20N4O3S. The van der Waals surface area contributed by atoms with Crippen molar-refractivity contribution in [3.63, 3.8) is 0 Å². The predicted molar refractivity (Wildman–Crippen MR) is 70.9 cm³/mol. The molecule has 0 saturated carbocycles. The van der Waals surface area contributed by atoms with Gasteiger partial charge in [0, 0.05) is 19.6 Å². The molecule has 7 nitrogen and oxygen atoms in total. The Morgan fingerprint density at radius 1 is 1.47 bits per heavy atom. The molecule has 0 bridgehead atoms. The summed E-state index contributed by atoms with van der Waals surface area (Å²) in [6.45, 7) is 0.245. The number of aryl methyl sites for hydroxylation is 1. The highest BCUT2D eigenvalue weighted by atomic mass is 32.2. The van der Waals surface area contributed by atoms with E-state index in [2.05, 4.69) is 4.98 Å². The molecule has 1 unspecified atom stereocenters. The third kappa shape index (κ3) is 2.60. The van der Waals surface area contributed by atoms with E-state index in [0.29, 0.717) is 13.0 Å². The summed E-state index contributed by atoms with van der Waals surface area (Å²) >= 11 is 0. The summed E-state index contributed by atoms with van der Waals surface area (Å²) < 4.78 is 28.1. The smallest absolute Gasteiger partial charge is 0.262 e. The second kappa shape index (κ2) is 5.48. The Morgan fingerprint density at radius 3 is 2.79 bits per heavy atom. The fourth-order valence-corrected chi connectivity index (χ4v) is 4.40. The van der Waals surface area contributed by atoms with Crippen molar-refractivity contribution in [2.75, 3.05) is 18.9 Å². The molecule has 2 heterocycles. The molecule has 3 N–H and O–H groups in total. The molecule has 1 fully saturated rings. The van der Waals surface area contributed by atoms with Crippen LogP contribution in [0.2, 0.25) is 0 Å². The molecule has 0 aromatic carbocycles. The number of aliphatic hydroxyl groups is 1. The summed E-state index contributed by atoms with van der Waals surface area (Å²) in [7, 11) is -2.12. The highest BCUT2D eigenvalue weighted by Crippen LogP contribution is 2.26. The van der Waals surface area contributed by atoms with Crippen molar-refractivity contribution in [3.8, 4) is 0 Å². The first-order valence-electron chi connectivity index (χ1n) is 6.38. The maximum absolute atomic E-state index is 12.7. The Bertz CT molecular complexity index is 521.